The fourth-order valence-electron chi connectivity index (χ4n) is 2.37. The minimum absolute atomic E-state index is 0.378. The Labute approximate surface area is 130 Å². The van der Waals surface area contributed by atoms with E-state index in [9.17, 15) is 10.2 Å². The minimum Gasteiger partial charge on any atom is -0.394 e. The first-order valence-electron chi connectivity index (χ1n) is 6.71. The zero-order valence-electron chi connectivity index (χ0n) is 11.6. The van der Waals surface area contributed by atoms with Crippen molar-refractivity contribution < 1.29 is 20.1 Å². The standard InChI is InChI=1S/C13H16N4O4S/c1-2-3-22-12-8-11(14-5-15-12)17(6-16-8)13-10(20)9(19)7(4-18)21-13/h2,5-7,9-10,13,18-20H,1,3-4H2/t7-,9+,10+,13+/m0/s1. The van der Waals surface area contributed by atoms with Gasteiger partial charge in [0.1, 0.15) is 35.2 Å². The van der Waals surface area contributed by atoms with E-state index in [2.05, 4.69) is 21.5 Å². The summed E-state index contributed by atoms with van der Waals surface area (Å²) in [6.07, 6.45) is 0.628. The Hall–Kier alpha value is -1.52. The summed E-state index contributed by atoms with van der Waals surface area (Å²) in [6.45, 7) is 3.29. The van der Waals surface area contributed by atoms with Gasteiger partial charge in [0.25, 0.3) is 0 Å². The number of imidazole rings is 1. The second-order valence-corrected chi connectivity index (χ2v) is 5.84. The third-order valence-corrected chi connectivity index (χ3v) is 4.43. The zero-order chi connectivity index (χ0) is 15.7. The monoisotopic (exact) mass is 324 g/mol. The molecule has 118 valence electrons. The summed E-state index contributed by atoms with van der Waals surface area (Å²) in [4.78, 5) is 12.6. The van der Waals surface area contributed by atoms with Crippen LogP contribution in [0.3, 0.4) is 0 Å². The Morgan fingerprint density at radius 2 is 2.14 bits per heavy atom. The molecule has 1 aliphatic heterocycles. The molecule has 3 heterocycles. The van der Waals surface area contributed by atoms with E-state index in [1.54, 1.807) is 10.6 Å². The molecule has 0 amide bonds. The van der Waals surface area contributed by atoms with Crippen molar-refractivity contribution in [3.05, 3.63) is 25.3 Å². The molecule has 1 saturated heterocycles. The van der Waals surface area contributed by atoms with Crippen molar-refractivity contribution in [3.63, 3.8) is 0 Å². The van der Waals surface area contributed by atoms with Crippen molar-refractivity contribution in [2.45, 2.75) is 29.6 Å². The average Bonchev–Trinajstić information content (AvgIpc) is 3.08. The van der Waals surface area contributed by atoms with Gasteiger partial charge in [0, 0.05) is 5.75 Å². The summed E-state index contributed by atoms with van der Waals surface area (Å²) in [6, 6.07) is 0. The summed E-state index contributed by atoms with van der Waals surface area (Å²) >= 11 is 1.47. The fourth-order valence-corrected chi connectivity index (χ4v) is 3.05. The van der Waals surface area contributed by atoms with Crippen LogP contribution in [0.2, 0.25) is 0 Å². The second kappa shape index (κ2) is 6.31. The molecule has 2 aromatic heterocycles. The van der Waals surface area contributed by atoms with E-state index in [0.717, 1.165) is 0 Å². The minimum atomic E-state index is -1.17. The van der Waals surface area contributed by atoms with Gasteiger partial charge < -0.3 is 20.1 Å². The van der Waals surface area contributed by atoms with E-state index >= 15 is 0 Å². The van der Waals surface area contributed by atoms with Crippen LogP contribution in [0.15, 0.2) is 30.3 Å². The van der Waals surface area contributed by atoms with Gasteiger partial charge in [-0.05, 0) is 0 Å². The van der Waals surface area contributed by atoms with Gasteiger partial charge >= 0.3 is 0 Å². The van der Waals surface area contributed by atoms with Gasteiger partial charge in [-0.25, -0.2) is 15.0 Å². The average molecular weight is 324 g/mol. The molecule has 3 N–H and O–H groups in total. The molecule has 0 aromatic carbocycles. The van der Waals surface area contributed by atoms with Crippen molar-refractivity contribution in [1.82, 2.24) is 19.5 Å². The summed E-state index contributed by atoms with van der Waals surface area (Å²) in [5.74, 6) is 0.687. The van der Waals surface area contributed by atoms with Crippen molar-refractivity contribution >= 4 is 22.9 Å². The molecule has 0 aliphatic carbocycles. The maximum atomic E-state index is 10.1. The number of ether oxygens (including phenoxy) is 1. The van der Waals surface area contributed by atoms with E-state index in [0.29, 0.717) is 21.9 Å². The molecule has 3 rings (SSSR count). The van der Waals surface area contributed by atoms with Gasteiger partial charge in [0.2, 0.25) is 0 Å². The first kappa shape index (κ1) is 15.4. The molecule has 0 unspecified atom stereocenters. The molecule has 0 bridgehead atoms. The Balaban J connectivity index is 1.97. The lowest BCUT2D eigenvalue weighted by atomic mass is 10.1. The fraction of sp³-hybridized carbons (Fsp3) is 0.462. The third-order valence-electron chi connectivity index (χ3n) is 3.45. The van der Waals surface area contributed by atoms with Crippen LogP contribution in [0.1, 0.15) is 6.23 Å². The first-order chi connectivity index (χ1) is 10.7. The normalized spacial score (nSPS) is 28.3. The molecule has 1 aliphatic rings. The third kappa shape index (κ3) is 2.50. The number of aliphatic hydroxyl groups excluding tert-OH is 3. The van der Waals surface area contributed by atoms with Gasteiger partial charge in [-0.1, -0.05) is 17.8 Å². The topological polar surface area (TPSA) is 114 Å². The van der Waals surface area contributed by atoms with Crippen molar-refractivity contribution in [3.8, 4) is 0 Å². The molecule has 1 fully saturated rings. The van der Waals surface area contributed by atoms with Crippen LogP contribution >= 0.6 is 11.8 Å². The van der Waals surface area contributed by atoms with Gasteiger partial charge in [0.15, 0.2) is 11.9 Å². The van der Waals surface area contributed by atoms with Crippen LogP contribution in [-0.2, 0) is 4.74 Å². The predicted octanol–water partition coefficient (Wildman–Crippen LogP) is -0.284. The largest absolute Gasteiger partial charge is 0.394 e. The van der Waals surface area contributed by atoms with E-state index in [1.165, 1.54) is 24.4 Å². The van der Waals surface area contributed by atoms with Crippen LogP contribution in [0.4, 0.5) is 0 Å². The van der Waals surface area contributed by atoms with Crippen LogP contribution in [-0.4, -0.2) is 65.5 Å². The van der Waals surface area contributed by atoms with Gasteiger partial charge in [-0.2, -0.15) is 0 Å². The van der Waals surface area contributed by atoms with Gasteiger partial charge in [0.05, 0.1) is 12.9 Å². The van der Waals surface area contributed by atoms with Crippen molar-refractivity contribution in [2.24, 2.45) is 0 Å². The highest BCUT2D eigenvalue weighted by atomic mass is 32.2. The summed E-state index contributed by atoms with van der Waals surface area (Å²) in [5.41, 5.74) is 1.09. The van der Waals surface area contributed by atoms with Crippen LogP contribution < -0.4 is 0 Å². The predicted molar refractivity (Wildman–Crippen MR) is 79.3 cm³/mol. The molecular formula is C13H16N4O4S. The lowest BCUT2D eigenvalue weighted by molar-refractivity contribution is -0.0511. The van der Waals surface area contributed by atoms with Crippen molar-refractivity contribution in [1.29, 1.82) is 0 Å². The lowest BCUT2D eigenvalue weighted by Gasteiger charge is -2.16. The Bertz CT molecular complexity index is 679. The highest BCUT2D eigenvalue weighted by Gasteiger charge is 2.43. The number of thioether (sulfide) groups is 1. The molecule has 0 spiro atoms. The number of hydrogen-bond acceptors (Lipinski definition) is 8. The van der Waals surface area contributed by atoms with E-state index in [4.69, 9.17) is 9.84 Å². The first-order valence-corrected chi connectivity index (χ1v) is 7.69. The number of rotatable bonds is 5. The molecule has 0 saturated carbocycles. The van der Waals surface area contributed by atoms with E-state index in [-0.39, 0.29) is 6.61 Å². The van der Waals surface area contributed by atoms with E-state index in [1.807, 2.05) is 0 Å². The molecular weight excluding hydrogens is 308 g/mol. The molecule has 2 aromatic rings. The highest BCUT2D eigenvalue weighted by Crippen LogP contribution is 2.32. The number of aliphatic hydroxyl groups is 3. The van der Waals surface area contributed by atoms with Gasteiger partial charge in [-0.3, -0.25) is 4.57 Å². The molecule has 0 radical (unpaired) electrons. The zero-order valence-corrected chi connectivity index (χ0v) is 12.4. The van der Waals surface area contributed by atoms with Crippen LogP contribution in [0, 0.1) is 0 Å². The molecule has 22 heavy (non-hydrogen) atoms. The lowest BCUT2D eigenvalue weighted by Crippen LogP contribution is -2.33. The van der Waals surface area contributed by atoms with E-state index < -0.39 is 24.5 Å². The van der Waals surface area contributed by atoms with Crippen LogP contribution in [0.5, 0.6) is 0 Å². The highest BCUT2D eigenvalue weighted by molar-refractivity contribution is 7.99. The number of nitrogens with zero attached hydrogens (tertiary/aromatic N) is 4. The summed E-state index contributed by atoms with van der Waals surface area (Å²) in [7, 11) is 0. The molecule has 8 nitrogen and oxygen atoms in total. The number of hydrogen-bond donors (Lipinski definition) is 3. The Morgan fingerprint density at radius 3 is 2.82 bits per heavy atom. The summed E-state index contributed by atoms with van der Waals surface area (Å²) in [5, 5.41) is 29.8. The van der Waals surface area contributed by atoms with Gasteiger partial charge in [-0.15, -0.1) is 6.58 Å². The Kier molecular flexibility index (Phi) is 4.41. The quantitative estimate of drug-likeness (QED) is 0.391. The smallest absolute Gasteiger partial charge is 0.166 e. The van der Waals surface area contributed by atoms with Crippen molar-refractivity contribution in [2.75, 3.05) is 12.4 Å². The Morgan fingerprint density at radius 1 is 1.32 bits per heavy atom. The number of fused-ring (bicyclic) bond motifs is 1. The number of aromatic nitrogens is 4. The second-order valence-electron chi connectivity index (χ2n) is 4.83. The van der Waals surface area contributed by atoms with Crippen LogP contribution in [0.25, 0.3) is 11.2 Å². The molecule has 9 heteroatoms. The maximum absolute atomic E-state index is 10.1. The summed E-state index contributed by atoms with van der Waals surface area (Å²) < 4.78 is 7.04. The molecule has 4 atom stereocenters. The maximum Gasteiger partial charge on any atom is 0.166 e. The SMILES string of the molecule is C=CCSc1ncnc2c1ncn2[C@@H]1O[C@@H](CO)[C@@H](O)[C@H]1O.